The van der Waals surface area contributed by atoms with E-state index in [1.165, 1.54) is 18.2 Å². The first-order chi connectivity index (χ1) is 9.06. The lowest BCUT2D eigenvalue weighted by Crippen LogP contribution is -2.11. The van der Waals surface area contributed by atoms with Crippen LogP contribution in [0.5, 0.6) is 0 Å². The molecule has 2 rings (SSSR count). The minimum atomic E-state index is -0.430. The van der Waals surface area contributed by atoms with Crippen molar-refractivity contribution < 1.29 is 4.92 Å². The number of hydrogen-bond acceptors (Lipinski definition) is 5. The van der Waals surface area contributed by atoms with Gasteiger partial charge in [-0.1, -0.05) is 23.7 Å². The molecule has 1 heterocycles. The van der Waals surface area contributed by atoms with Crippen molar-refractivity contribution in [1.82, 2.24) is 10.6 Å². The number of non-ortho nitro benzene ring substituents is 1. The minimum absolute atomic E-state index is 0.0440. The highest BCUT2D eigenvalue weighted by Gasteiger charge is 2.13. The molecule has 0 saturated carbocycles. The summed E-state index contributed by atoms with van der Waals surface area (Å²) in [6, 6.07) is 6.35. The Kier molecular flexibility index (Phi) is 3.72. The van der Waals surface area contributed by atoms with Crippen LogP contribution in [-0.2, 0) is 0 Å². The minimum Gasteiger partial charge on any atom is -0.389 e. The topological polar surface area (TPSA) is 93.2 Å². The molecule has 1 aromatic carbocycles. The SMILES string of the molecule is N/C(Cl)=C\C=C1\NC=C(c2cccc([N+](=O)[O-])c2)N1. The summed E-state index contributed by atoms with van der Waals surface area (Å²) < 4.78 is 0. The molecule has 0 atom stereocenters. The van der Waals surface area contributed by atoms with Gasteiger partial charge in [0.15, 0.2) is 0 Å². The number of benzene rings is 1. The summed E-state index contributed by atoms with van der Waals surface area (Å²) in [5.74, 6) is 0.685. The van der Waals surface area contributed by atoms with Crippen LogP contribution >= 0.6 is 11.6 Å². The van der Waals surface area contributed by atoms with Gasteiger partial charge in [0.2, 0.25) is 0 Å². The zero-order valence-electron chi connectivity index (χ0n) is 9.76. The van der Waals surface area contributed by atoms with Crippen molar-refractivity contribution >= 4 is 23.0 Å². The molecule has 7 heteroatoms. The van der Waals surface area contributed by atoms with Crippen LogP contribution in [-0.4, -0.2) is 4.92 Å². The lowest BCUT2D eigenvalue weighted by molar-refractivity contribution is -0.384. The van der Waals surface area contributed by atoms with E-state index < -0.39 is 4.92 Å². The summed E-state index contributed by atoms with van der Waals surface area (Å²) in [7, 11) is 0. The van der Waals surface area contributed by atoms with Crippen molar-refractivity contribution in [1.29, 1.82) is 0 Å². The van der Waals surface area contributed by atoms with Gasteiger partial charge in [-0.05, 0) is 12.2 Å². The Morgan fingerprint density at radius 1 is 1.47 bits per heavy atom. The van der Waals surface area contributed by atoms with Gasteiger partial charge in [-0.2, -0.15) is 0 Å². The molecule has 0 aromatic heterocycles. The molecule has 0 spiro atoms. The number of halogens is 1. The largest absolute Gasteiger partial charge is 0.389 e. The molecule has 1 aliphatic rings. The average Bonchev–Trinajstić information content (AvgIpc) is 2.85. The smallest absolute Gasteiger partial charge is 0.270 e. The zero-order chi connectivity index (χ0) is 13.8. The maximum Gasteiger partial charge on any atom is 0.270 e. The quantitative estimate of drug-likeness (QED) is 0.446. The number of nitro benzene ring substituents is 1. The first-order valence-corrected chi connectivity index (χ1v) is 5.75. The van der Waals surface area contributed by atoms with Crippen molar-refractivity contribution in [2.45, 2.75) is 0 Å². The van der Waals surface area contributed by atoms with Crippen LogP contribution in [0.3, 0.4) is 0 Å². The summed E-state index contributed by atoms with van der Waals surface area (Å²) in [4.78, 5) is 10.3. The van der Waals surface area contributed by atoms with Gasteiger partial charge in [0.05, 0.1) is 15.8 Å². The molecular formula is C12H11ClN4O2. The third-order valence-corrected chi connectivity index (χ3v) is 2.54. The molecular weight excluding hydrogens is 268 g/mol. The number of nitrogens with two attached hydrogens (primary N) is 1. The highest BCUT2D eigenvalue weighted by Crippen LogP contribution is 2.20. The monoisotopic (exact) mass is 278 g/mol. The predicted molar refractivity (Wildman–Crippen MR) is 73.6 cm³/mol. The van der Waals surface area contributed by atoms with Gasteiger partial charge in [-0.25, -0.2) is 0 Å². The van der Waals surface area contributed by atoms with Gasteiger partial charge in [-0.15, -0.1) is 0 Å². The lowest BCUT2D eigenvalue weighted by atomic mass is 10.1. The fraction of sp³-hybridized carbons (Fsp3) is 0. The van der Waals surface area contributed by atoms with E-state index in [-0.39, 0.29) is 10.8 Å². The Labute approximate surface area is 114 Å². The van der Waals surface area contributed by atoms with Gasteiger partial charge >= 0.3 is 0 Å². The molecule has 0 radical (unpaired) electrons. The summed E-state index contributed by atoms with van der Waals surface area (Å²) >= 11 is 5.51. The molecule has 0 aliphatic carbocycles. The van der Waals surface area contributed by atoms with Crippen molar-refractivity contribution in [3.63, 3.8) is 0 Å². The maximum atomic E-state index is 10.7. The first-order valence-electron chi connectivity index (χ1n) is 5.38. The van der Waals surface area contributed by atoms with E-state index in [0.29, 0.717) is 11.4 Å². The molecule has 0 saturated heterocycles. The van der Waals surface area contributed by atoms with E-state index in [0.717, 1.165) is 5.70 Å². The van der Waals surface area contributed by atoms with Gasteiger partial charge in [0.1, 0.15) is 5.82 Å². The Hall–Kier alpha value is -2.47. The van der Waals surface area contributed by atoms with Crippen LogP contribution in [0.1, 0.15) is 5.56 Å². The lowest BCUT2D eigenvalue weighted by Gasteiger charge is -2.04. The van der Waals surface area contributed by atoms with Gasteiger partial charge < -0.3 is 16.4 Å². The Bertz CT molecular complexity index is 604. The fourth-order valence-electron chi connectivity index (χ4n) is 1.56. The standard InChI is InChI=1S/C12H11ClN4O2/c13-11(14)4-5-12-15-7-10(16-12)8-2-1-3-9(6-8)17(18)19/h1-7,15-16H,14H2/b11-4-,12-5-. The van der Waals surface area contributed by atoms with Gasteiger partial charge in [0, 0.05) is 23.9 Å². The number of hydrogen-bond donors (Lipinski definition) is 3. The van der Waals surface area contributed by atoms with Crippen molar-refractivity contribution in [2.75, 3.05) is 0 Å². The van der Waals surface area contributed by atoms with Gasteiger partial charge in [-0.3, -0.25) is 10.1 Å². The van der Waals surface area contributed by atoms with E-state index in [9.17, 15) is 10.1 Å². The van der Waals surface area contributed by atoms with E-state index in [1.807, 2.05) is 0 Å². The van der Waals surface area contributed by atoms with Crippen molar-refractivity contribution in [2.24, 2.45) is 5.73 Å². The van der Waals surface area contributed by atoms with E-state index >= 15 is 0 Å². The Morgan fingerprint density at radius 2 is 2.26 bits per heavy atom. The van der Waals surface area contributed by atoms with Crippen LogP contribution in [0.2, 0.25) is 0 Å². The van der Waals surface area contributed by atoms with E-state index in [2.05, 4.69) is 10.6 Å². The summed E-state index contributed by atoms with van der Waals surface area (Å²) in [6.45, 7) is 0. The van der Waals surface area contributed by atoms with Crippen LogP contribution in [0.15, 0.2) is 53.6 Å². The molecule has 98 valence electrons. The van der Waals surface area contributed by atoms with E-state index in [1.54, 1.807) is 24.4 Å². The Morgan fingerprint density at radius 3 is 2.95 bits per heavy atom. The average molecular weight is 279 g/mol. The fourth-order valence-corrected chi connectivity index (χ4v) is 1.63. The second kappa shape index (κ2) is 5.45. The zero-order valence-corrected chi connectivity index (χ0v) is 10.5. The molecule has 1 aliphatic heterocycles. The number of rotatable bonds is 3. The van der Waals surface area contributed by atoms with Crippen molar-refractivity contribution in [3.8, 4) is 0 Å². The molecule has 6 nitrogen and oxygen atoms in total. The third-order valence-electron chi connectivity index (χ3n) is 2.42. The molecule has 0 bridgehead atoms. The van der Waals surface area contributed by atoms with Crippen LogP contribution < -0.4 is 16.4 Å². The maximum absolute atomic E-state index is 10.7. The highest BCUT2D eigenvalue weighted by molar-refractivity contribution is 6.29. The number of nitrogens with one attached hydrogen (secondary N) is 2. The van der Waals surface area contributed by atoms with Crippen LogP contribution in [0.25, 0.3) is 5.70 Å². The second-order valence-corrected chi connectivity index (χ2v) is 4.20. The number of nitrogens with zero attached hydrogens (tertiary/aromatic N) is 1. The molecule has 0 unspecified atom stereocenters. The molecule has 1 aromatic rings. The Balaban J connectivity index is 2.17. The second-order valence-electron chi connectivity index (χ2n) is 3.77. The summed E-state index contributed by atoms with van der Waals surface area (Å²) in [5.41, 5.74) is 6.80. The first kappa shape index (κ1) is 13.0. The van der Waals surface area contributed by atoms with Crippen LogP contribution in [0, 0.1) is 10.1 Å². The van der Waals surface area contributed by atoms with Crippen LogP contribution in [0.4, 0.5) is 5.69 Å². The summed E-state index contributed by atoms with van der Waals surface area (Å²) in [6.07, 6.45) is 4.91. The molecule has 4 N–H and O–H groups in total. The molecule has 19 heavy (non-hydrogen) atoms. The molecule has 0 amide bonds. The normalized spacial score (nSPS) is 16.8. The number of allylic oxidation sites excluding steroid dienone is 2. The van der Waals surface area contributed by atoms with Gasteiger partial charge in [0.25, 0.3) is 5.69 Å². The van der Waals surface area contributed by atoms with E-state index in [4.69, 9.17) is 17.3 Å². The predicted octanol–water partition coefficient (Wildman–Crippen LogP) is 1.97. The third kappa shape index (κ3) is 3.26. The van der Waals surface area contributed by atoms with Crippen molar-refractivity contribution in [3.05, 3.63) is 69.3 Å². The summed E-state index contributed by atoms with van der Waals surface area (Å²) in [5, 5.41) is 16.9. The number of nitro groups is 1. The molecule has 0 fully saturated rings. The highest BCUT2D eigenvalue weighted by atomic mass is 35.5.